The molecular formula is C13H17N3O4. The zero-order chi connectivity index (χ0) is 14.4. The maximum absolute atomic E-state index is 11.6. The molecule has 20 heavy (non-hydrogen) atoms. The molecule has 7 nitrogen and oxygen atoms in total. The number of aryl methyl sites for hydroxylation is 1. The van der Waals surface area contributed by atoms with Crippen molar-refractivity contribution in [1.29, 1.82) is 0 Å². The molecule has 0 aromatic heterocycles. The van der Waals surface area contributed by atoms with Gasteiger partial charge in [0.25, 0.3) is 0 Å². The van der Waals surface area contributed by atoms with Gasteiger partial charge in [0.15, 0.2) is 6.79 Å². The number of nitrogens with zero attached hydrogens (tertiary/aromatic N) is 3. The van der Waals surface area contributed by atoms with E-state index in [0.29, 0.717) is 5.56 Å². The molecule has 1 heterocycles. The molecular weight excluding hydrogens is 262 g/mol. The Morgan fingerprint density at radius 2 is 2.00 bits per heavy atom. The van der Waals surface area contributed by atoms with Crippen molar-refractivity contribution in [3.8, 4) is 0 Å². The third kappa shape index (κ3) is 4.11. The molecule has 0 atom stereocenters. The first-order valence-electron chi connectivity index (χ1n) is 6.45. The summed E-state index contributed by atoms with van der Waals surface area (Å²) in [6.07, 6.45) is 2.03. The van der Waals surface area contributed by atoms with Crippen molar-refractivity contribution in [2.75, 3.05) is 19.9 Å². The minimum Gasteiger partial charge on any atom is -0.447 e. The van der Waals surface area contributed by atoms with E-state index in [2.05, 4.69) is 10.1 Å². The maximum Gasteiger partial charge on any atom is 0.339 e. The third-order valence-corrected chi connectivity index (χ3v) is 2.92. The van der Waals surface area contributed by atoms with Crippen LogP contribution < -0.4 is 0 Å². The summed E-state index contributed by atoms with van der Waals surface area (Å²) in [6.45, 7) is 2.94. The average Bonchev–Trinajstić information content (AvgIpc) is 2.92. The van der Waals surface area contributed by atoms with Crippen LogP contribution in [-0.2, 0) is 9.57 Å². The number of ether oxygens (including phenoxy) is 1. The van der Waals surface area contributed by atoms with Crippen LogP contribution in [0.2, 0.25) is 0 Å². The van der Waals surface area contributed by atoms with Gasteiger partial charge in [0.2, 0.25) is 0 Å². The van der Waals surface area contributed by atoms with Crippen LogP contribution >= 0.6 is 0 Å². The van der Waals surface area contributed by atoms with E-state index in [-0.39, 0.29) is 5.02 Å². The van der Waals surface area contributed by atoms with Gasteiger partial charge in [0, 0.05) is 0 Å². The van der Waals surface area contributed by atoms with E-state index >= 15 is 0 Å². The molecule has 0 bridgehead atoms. The topological polar surface area (TPSA) is 77.2 Å². The van der Waals surface area contributed by atoms with Crippen LogP contribution in [0.3, 0.4) is 0 Å². The van der Waals surface area contributed by atoms with Gasteiger partial charge in [-0.15, -0.1) is 0 Å². The van der Waals surface area contributed by atoms with Gasteiger partial charge >= 0.3 is 5.97 Å². The van der Waals surface area contributed by atoms with E-state index in [0.717, 1.165) is 31.5 Å². The molecule has 1 saturated heterocycles. The molecule has 7 heteroatoms. The lowest BCUT2D eigenvalue weighted by Crippen LogP contribution is -2.18. The summed E-state index contributed by atoms with van der Waals surface area (Å²) in [5.74, 6) is -0.542. The zero-order valence-electron chi connectivity index (χ0n) is 11.3. The molecule has 0 saturated carbocycles. The fourth-order valence-electron chi connectivity index (χ4n) is 1.82. The summed E-state index contributed by atoms with van der Waals surface area (Å²) in [5, 5.41) is 16.6. The van der Waals surface area contributed by atoms with Gasteiger partial charge in [-0.1, -0.05) is 17.7 Å². The van der Waals surface area contributed by atoms with Gasteiger partial charge in [0.1, 0.15) is 18.3 Å². The van der Waals surface area contributed by atoms with Crippen LogP contribution in [0.4, 0.5) is 0 Å². The predicted octanol–water partition coefficient (Wildman–Crippen LogP) is 2.01. The number of rotatable bonds is 5. The molecule has 1 fully saturated rings. The van der Waals surface area contributed by atoms with Gasteiger partial charge in [-0.05, 0) is 31.9 Å². The molecule has 0 N–H and O–H groups in total. The molecule has 0 radical (unpaired) electrons. The Kier molecular flexibility index (Phi) is 4.75. The smallest absolute Gasteiger partial charge is 0.339 e. The lowest BCUT2D eigenvalue weighted by Gasteiger charge is -2.10. The number of esters is 1. The van der Waals surface area contributed by atoms with Gasteiger partial charge in [0.05, 0.1) is 10.6 Å². The summed E-state index contributed by atoms with van der Waals surface area (Å²) in [4.78, 5) is 16.3. The molecule has 0 aliphatic carbocycles. The Bertz CT molecular complexity index is 481. The van der Waals surface area contributed by atoms with Crippen LogP contribution in [0.15, 0.2) is 29.5 Å². The third-order valence-electron chi connectivity index (χ3n) is 2.92. The first kappa shape index (κ1) is 14.1. The van der Waals surface area contributed by atoms with E-state index in [1.807, 2.05) is 6.92 Å². The minimum absolute atomic E-state index is 0.0771. The van der Waals surface area contributed by atoms with E-state index < -0.39 is 12.8 Å². The normalized spacial score (nSPS) is 15.2. The fraction of sp³-hybridized carbons (Fsp3) is 0.462. The second-order valence-corrected chi connectivity index (χ2v) is 4.53. The summed E-state index contributed by atoms with van der Waals surface area (Å²) in [6, 6.07) is 6.92. The number of carbonyl (C=O) groups is 1. The van der Waals surface area contributed by atoms with Crippen molar-refractivity contribution in [1.82, 2.24) is 5.01 Å². The standard InChI is InChI=1S/C13H17N3O4/c1-11-4-6-12(7-5-11)13(17)19-10-20-16(18)14-15-8-2-3-9-15/h4-7H,2-3,8-10H2,1H3/b16-14-. The highest BCUT2D eigenvalue weighted by atomic mass is 16.9. The highest BCUT2D eigenvalue weighted by Crippen LogP contribution is 2.08. The van der Waals surface area contributed by atoms with E-state index in [9.17, 15) is 10.0 Å². The van der Waals surface area contributed by atoms with Crippen molar-refractivity contribution in [3.05, 3.63) is 40.6 Å². The Hall–Kier alpha value is -2.31. The van der Waals surface area contributed by atoms with Crippen LogP contribution in [0.25, 0.3) is 0 Å². The maximum atomic E-state index is 11.6. The summed E-state index contributed by atoms with van der Waals surface area (Å²) < 4.78 is 4.82. The monoisotopic (exact) mass is 279 g/mol. The SMILES string of the molecule is Cc1ccc(C(=O)OCO/[N+]([O-])=N\N2CCCC2)cc1. The molecule has 0 amide bonds. The van der Waals surface area contributed by atoms with Crippen molar-refractivity contribution in [2.24, 2.45) is 5.22 Å². The predicted molar refractivity (Wildman–Crippen MR) is 69.4 cm³/mol. The second-order valence-electron chi connectivity index (χ2n) is 4.53. The summed E-state index contributed by atoms with van der Waals surface area (Å²) in [5.41, 5.74) is 1.46. The van der Waals surface area contributed by atoms with Crippen molar-refractivity contribution in [2.45, 2.75) is 19.8 Å². The largest absolute Gasteiger partial charge is 0.447 e. The molecule has 0 spiro atoms. The lowest BCUT2D eigenvalue weighted by atomic mass is 10.2. The highest BCUT2D eigenvalue weighted by molar-refractivity contribution is 5.89. The minimum atomic E-state index is -0.542. The van der Waals surface area contributed by atoms with Crippen LogP contribution in [0.1, 0.15) is 28.8 Å². The van der Waals surface area contributed by atoms with Gasteiger partial charge in [-0.3, -0.25) is 0 Å². The fourth-order valence-corrected chi connectivity index (χ4v) is 1.82. The molecule has 1 aromatic rings. The molecule has 1 aromatic carbocycles. The molecule has 1 aliphatic rings. The van der Waals surface area contributed by atoms with Crippen LogP contribution in [-0.4, -0.2) is 35.9 Å². The van der Waals surface area contributed by atoms with E-state index in [1.54, 1.807) is 29.3 Å². The van der Waals surface area contributed by atoms with Crippen LogP contribution in [0.5, 0.6) is 0 Å². The van der Waals surface area contributed by atoms with Gasteiger partial charge in [-0.25, -0.2) is 4.79 Å². The van der Waals surface area contributed by atoms with Crippen molar-refractivity contribution < 1.29 is 19.4 Å². The molecule has 2 rings (SSSR count). The average molecular weight is 279 g/mol. The Morgan fingerprint density at radius 1 is 1.35 bits per heavy atom. The molecule has 108 valence electrons. The first-order valence-corrected chi connectivity index (χ1v) is 6.45. The highest BCUT2D eigenvalue weighted by Gasteiger charge is 2.16. The number of carbonyl (C=O) groups excluding carboxylic acids is 1. The van der Waals surface area contributed by atoms with Crippen molar-refractivity contribution in [3.63, 3.8) is 0 Å². The second kappa shape index (κ2) is 6.74. The van der Waals surface area contributed by atoms with Gasteiger partial charge in [-0.2, -0.15) is 5.01 Å². The summed E-state index contributed by atoms with van der Waals surface area (Å²) in [7, 11) is 0. The molecule has 1 aliphatic heterocycles. The number of benzene rings is 1. The lowest BCUT2D eigenvalue weighted by molar-refractivity contribution is -0.805. The zero-order valence-corrected chi connectivity index (χ0v) is 11.3. The Morgan fingerprint density at radius 3 is 2.65 bits per heavy atom. The Balaban J connectivity index is 1.74. The number of hydrogen-bond acceptors (Lipinski definition) is 5. The van der Waals surface area contributed by atoms with Crippen LogP contribution in [0, 0.1) is 12.1 Å². The summed E-state index contributed by atoms with van der Waals surface area (Å²) >= 11 is 0. The van der Waals surface area contributed by atoms with Crippen molar-refractivity contribution >= 4 is 5.97 Å². The molecule has 0 unspecified atom stereocenters. The van der Waals surface area contributed by atoms with E-state index in [1.165, 1.54) is 0 Å². The van der Waals surface area contributed by atoms with Gasteiger partial charge < -0.3 is 14.8 Å². The van der Waals surface area contributed by atoms with E-state index in [4.69, 9.17) is 4.74 Å². The first-order chi connectivity index (χ1) is 9.65. The quantitative estimate of drug-likeness (QED) is 0.356. The Labute approximate surface area is 116 Å². The number of hydrogen-bond donors (Lipinski definition) is 0.